The molecule has 0 radical (unpaired) electrons. The Hall–Kier alpha value is -1.30. The van der Waals surface area contributed by atoms with Crippen molar-refractivity contribution >= 4 is 12.1 Å². The normalized spacial score (nSPS) is 28.1. The lowest BCUT2D eigenvalue weighted by atomic mass is 10.0. The van der Waals surface area contributed by atoms with Crippen LogP contribution in [0, 0.1) is 5.92 Å². The number of methoxy groups -OCH3 is 1. The monoisotopic (exact) mass is 259 g/mol. The van der Waals surface area contributed by atoms with Gasteiger partial charge in [0.2, 0.25) is 0 Å². The fourth-order valence-electron chi connectivity index (χ4n) is 1.93. The number of amides is 1. The van der Waals surface area contributed by atoms with Crippen LogP contribution in [0.3, 0.4) is 0 Å². The molecule has 0 bridgehead atoms. The van der Waals surface area contributed by atoms with Crippen LogP contribution in [0.4, 0.5) is 4.79 Å². The van der Waals surface area contributed by atoms with Gasteiger partial charge in [0.1, 0.15) is 11.5 Å². The molecule has 2 unspecified atom stereocenters. The number of hydrogen-bond acceptors (Lipinski definition) is 5. The molecule has 0 saturated carbocycles. The van der Waals surface area contributed by atoms with Gasteiger partial charge in [-0.25, -0.2) is 4.79 Å². The van der Waals surface area contributed by atoms with Crippen LogP contribution in [-0.4, -0.2) is 53.5 Å². The van der Waals surface area contributed by atoms with Crippen LogP contribution >= 0.6 is 0 Å². The summed E-state index contributed by atoms with van der Waals surface area (Å²) in [5, 5.41) is 9.93. The van der Waals surface area contributed by atoms with E-state index in [1.54, 1.807) is 27.7 Å². The largest absolute Gasteiger partial charge is 0.469 e. The van der Waals surface area contributed by atoms with E-state index in [4.69, 9.17) is 4.74 Å². The Balaban J connectivity index is 2.75. The van der Waals surface area contributed by atoms with Crippen LogP contribution in [0.15, 0.2) is 0 Å². The summed E-state index contributed by atoms with van der Waals surface area (Å²) in [5.41, 5.74) is -0.606. The van der Waals surface area contributed by atoms with E-state index in [1.807, 2.05) is 0 Å². The molecule has 18 heavy (non-hydrogen) atoms. The summed E-state index contributed by atoms with van der Waals surface area (Å²) < 4.78 is 9.83. The lowest BCUT2D eigenvalue weighted by Crippen LogP contribution is -2.40. The minimum absolute atomic E-state index is 0.115. The molecule has 0 aromatic carbocycles. The van der Waals surface area contributed by atoms with Crippen LogP contribution in [0.1, 0.15) is 27.7 Å². The highest BCUT2D eigenvalue weighted by Crippen LogP contribution is 2.26. The van der Waals surface area contributed by atoms with Gasteiger partial charge >= 0.3 is 12.1 Å². The zero-order valence-electron chi connectivity index (χ0n) is 11.5. The minimum Gasteiger partial charge on any atom is -0.469 e. The number of likely N-dealkylation sites (tertiary alicyclic amines) is 1. The molecular weight excluding hydrogens is 238 g/mol. The predicted octanol–water partition coefficient (Wildman–Crippen LogP) is 0.776. The molecule has 0 aromatic heterocycles. The van der Waals surface area contributed by atoms with E-state index in [0.29, 0.717) is 0 Å². The molecule has 104 valence electrons. The van der Waals surface area contributed by atoms with Crippen molar-refractivity contribution in [2.24, 2.45) is 5.92 Å². The van der Waals surface area contributed by atoms with Crippen LogP contribution in [0.25, 0.3) is 0 Å². The Bertz CT molecular complexity index is 336. The average Bonchev–Trinajstić information content (AvgIpc) is 2.53. The SMILES string of the molecule is COC(=O)[C@H]1CN(C(=O)OC(C)(C)C)C(C)C1O. The molecule has 0 aromatic rings. The van der Waals surface area contributed by atoms with Crippen molar-refractivity contribution < 1.29 is 24.2 Å². The van der Waals surface area contributed by atoms with Crippen molar-refractivity contribution in [2.45, 2.75) is 45.4 Å². The Morgan fingerprint density at radius 2 is 1.89 bits per heavy atom. The maximum absolute atomic E-state index is 11.9. The van der Waals surface area contributed by atoms with Gasteiger partial charge in [0.25, 0.3) is 0 Å². The Morgan fingerprint density at radius 3 is 2.33 bits per heavy atom. The van der Waals surface area contributed by atoms with Gasteiger partial charge in [0.15, 0.2) is 0 Å². The number of hydrogen-bond donors (Lipinski definition) is 1. The van der Waals surface area contributed by atoms with E-state index in [9.17, 15) is 14.7 Å². The minimum atomic E-state index is -0.926. The first-order valence-corrected chi connectivity index (χ1v) is 5.93. The fourth-order valence-corrected chi connectivity index (χ4v) is 1.93. The van der Waals surface area contributed by atoms with Gasteiger partial charge in [0.05, 0.1) is 19.3 Å². The number of rotatable bonds is 1. The van der Waals surface area contributed by atoms with E-state index in [2.05, 4.69) is 4.74 Å². The first-order valence-electron chi connectivity index (χ1n) is 5.93. The van der Waals surface area contributed by atoms with Crippen molar-refractivity contribution in [3.05, 3.63) is 0 Å². The van der Waals surface area contributed by atoms with E-state index in [0.717, 1.165) is 0 Å². The molecule has 1 aliphatic rings. The van der Waals surface area contributed by atoms with E-state index < -0.39 is 35.7 Å². The van der Waals surface area contributed by atoms with Crippen molar-refractivity contribution in [1.82, 2.24) is 4.90 Å². The van der Waals surface area contributed by atoms with E-state index in [-0.39, 0.29) is 6.54 Å². The summed E-state index contributed by atoms with van der Waals surface area (Å²) >= 11 is 0. The Morgan fingerprint density at radius 1 is 1.33 bits per heavy atom. The predicted molar refractivity (Wildman–Crippen MR) is 63.9 cm³/mol. The van der Waals surface area contributed by atoms with Crippen LogP contribution in [0.5, 0.6) is 0 Å². The Labute approximate surface area is 107 Å². The van der Waals surface area contributed by atoms with Gasteiger partial charge in [-0.1, -0.05) is 0 Å². The molecule has 1 fully saturated rings. The maximum atomic E-state index is 11.9. The molecule has 1 rings (SSSR count). The third-order valence-corrected chi connectivity index (χ3v) is 2.92. The second-order valence-electron chi connectivity index (χ2n) is 5.49. The van der Waals surface area contributed by atoms with Gasteiger partial charge in [-0.15, -0.1) is 0 Å². The third kappa shape index (κ3) is 3.13. The van der Waals surface area contributed by atoms with Crippen molar-refractivity contribution in [3.63, 3.8) is 0 Å². The highest BCUT2D eigenvalue weighted by atomic mass is 16.6. The molecule has 0 spiro atoms. The quantitative estimate of drug-likeness (QED) is 0.704. The van der Waals surface area contributed by atoms with E-state index in [1.165, 1.54) is 12.0 Å². The molecule has 6 nitrogen and oxygen atoms in total. The summed E-state index contributed by atoms with van der Waals surface area (Å²) in [7, 11) is 1.26. The van der Waals surface area contributed by atoms with E-state index >= 15 is 0 Å². The molecule has 6 heteroatoms. The molecular formula is C12H21NO5. The number of aliphatic hydroxyl groups is 1. The summed E-state index contributed by atoms with van der Waals surface area (Å²) in [4.78, 5) is 24.7. The molecule has 1 amide bonds. The highest BCUT2D eigenvalue weighted by Gasteiger charge is 2.45. The highest BCUT2D eigenvalue weighted by molar-refractivity contribution is 5.77. The van der Waals surface area contributed by atoms with Gasteiger partial charge < -0.3 is 19.5 Å². The van der Waals surface area contributed by atoms with Gasteiger partial charge in [-0.2, -0.15) is 0 Å². The number of carbonyl (C=O) groups is 2. The average molecular weight is 259 g/mol. The lowest BCUT2D eigenvalue weighted by Gasteiger charge is -2.27. The zero-order valence-corrected chi connectivity index (χ0v) is 11.5. The molecule has 1 aliphatic heterocycles. The zero-order chi connectivity index (χ0) is 14.1. The van der Waals surface area contributed by atoms with Crippen LogP contribution in [-0.2, 0) is 14.3 Å². The second-order valence-corrected chi connectivity index (χ2v) is 5.49. The summed E-state index contributed by atoms with van der Waals surface area (Å²) in [5.74, 6) is -1.22. The van der Waals surface area contributed by atoms with Gasteiger partial charge in [-0.3, -0.25) is 4.79 Å². The number of aliphatic hydroxyl groups excluding tert-OH is 1. The third-order valence-electron chi connectivity index (χ3n) is 2.92. The van der Waals surface area contributed by atoms with Crippen LogP contribution in [0.2, 0.25) is 0 Å². The van der Waals surface area contributed by atoms with Gasteiger partial charge in [0, 0.05) is 6.54 Å². The molecule has 3 atom stereocenters. The first-order chi connectivity index (χ1) is 8.17. The number of ether oxygens (including phenoxy) is 2. The molecule has 1 heterocycles. The standard InChI is InChI=1S/C12H21NO5/c1-7-9(14)8(10(15)17-5)6-13(7)11(16)18-12(2,3)4/h7-9,14H,6H2,1-5H3/t7?,8-,9?/m0/s1. The fraction of sp³-hybridized carbons (Fsp3) is 0.833. The number of nitrogens with zero attached hydrogens (tertiary/aromatic N) is 1. The molecule has 1 N–H and O–H groups in total. The van der Waals surface area contributed by atoms with Crippen molar-refractivity contribution in [2.75, 3.05) is 13.7 Å². The number of esters is 1. The van der Waals surface area contributed by atoms with Gasteiger partial charge in [-0.05, 0) is 27.7 Å². The molecule has 0 aliphatic carbocycles. The summed E-state index contributed by atoms with van der Waals surface area (Å²) in [6.45, 7) is 7.08. The second kappa shape index (κ2) is 5.14. The smallest absolute Gasteiger partial charge is 0.410 e. The Kier molecular flexibility index (Phi) is 4.21. The number of carbonyl (C=O) groups excluding carboxylic acids is 2. The summed E-state index contributed by atoms with van der Waals surface area (Å²) in [6.07, 6.45) is -1.45. The van der Waals surface area contributed by atoms with Crippen molar-refractivity contribution in [3.8, 4) is 0 Å². The first kappa shape index (κ1) is 14.8. The maximum Gasteiger partial charge on any atom is 0.410 e. The van der Waals surface area contributed by atoms with Crippen LogP contribution < -0.4 is 0 Å². The van der Waals surface area contributed by atoms with Crippen molar-refractivity contribution in [1.29, 1.82) is 0 Å². The summed E-state index contributed by atoms with van der Waals surface area (Å²) in [6, 6.07) is -0.469. The lowest BCUT2D eigenvalue weighted by molar-refractivity contribution is -0.147. The molecule has 1 saturated heterocycles. The topological polar surface area (TPSA) is 76.1 Å².